The molecule has 3 rings (SSSR count). The number of unbranched alkanes of at least 4 members (excludes halogenated alkanes) is 3. The molecule has 168 valence electrons. The Labute approximate surface area is 188 Å². The van der Waals surface area contributed by atoms with Gasteiger partial charge in [-0.3, -0.25) is 4.79 Å². The normalized spacial score (nSPS) is 26.5. The molecule has 0 unspecified atom stereocenters. The van der Waals surface area contributed by atoms with Crippen LogP contribution in [0.2, 0.25) is 0 Å². The van der Waals surface area contributed by atoms with Crippen LogP contribution in [-0.2, 0) is 16.0 Å². The van der Waals surface area contributed by atoms with Crippen LogP contribution in [0.25, 0.3) is 0 Å². The van der Waals surface area contributed by atoms with Crippen LogP contribution >= 0.6 is 0 Å². The number of ether oxygens (including phenoxy) is 1. The van der Waals surface area contributed by atoms with Crippen molar-refractivity contribution in [1.29, 1.82) is 5.26 Å². The van der Waals surface area contributed by atoms with Crippen LogP contribution in [0.3, 0.4) is 0 Å². The highest BCUT2D eigenvalue weighted by molar-refractivity contribution is 5.72. The first-order valence-electron chi connectivity index (χ1n) is 12.5. The molecule has 1 aromatic rings. The van der Waals surface area contributed by atoms with E-state index in [9.17, 15) is 4.79 Å². The predicted molar refractivity (Wildman–Crippen MR) is 126 cm³/mol. The van der Waals surface area contributed by atoms with Crippen molar-refractivity contribution in [2.75, 3.05) is 0 Å². The Morgan fingerprint density at radius 3 is 2.35 bits per heavy atom. The largest absolute Gasteiger partial charge is 0.462 e. The number of nitriles is 1. The van der Waals surface area contributed by atoms with E-state index in [2.05, 4.69) is 37.3 Å². The molecule has 0 radical (unpaired) electrons. The summed E-state index contributed by atoms with van der Waals surface area (Å²) in [5, 5.41) is 8.66. The molecule has 1 aromatic carbocycles. The van der Waals surface area contributed by atoms with Gasteiger partial charge in [-0.05, 0) is 87.2 Å². The molecule has 0 heterocycles. The summed E-state index contributed by atoms with van der Waals surface area (Å²) in [6.45, 7) is 2.26. The van der Waals surface area contributed by atoms with Crippen molar-refractivity contribution in [3.05, 3.63) is 47.5 Å². The maximum Gasteiger partial charge on any atom is 0.309 e. The Hall–Kier alpha value is -2.08. The predicted octanol–water partition coefficient (Wildman–Crippen LogP) is 7.26. The highest BCUT2D eigenvalue weighted by atomic mass is 16.5. The van der Waals surface area contributed by atoms with Crippen molar-refractivity contribution >= 4 is 5.97 Å². The number of nitrogens with zero attached hydrogens (tertiary/aromatic N) is 1. The topological polar surface area (TPSA) is 50.1 Å². The minimum Gasteiger partial charge on any atom is -0.462 e. The lowest BCUT2D eigenvalue weighted by Gasteiger charge is -2.31. The smallest absolute Gasteiger partial charge is 0.309 e. The molecule has 2 aliphatic carbocycles. The van der Waals surface area contributed by atoms with Gasteiger partial charge in [0, 0.05) is 6.08 Å². The zero-order valence-electron chi connectivity index (χ0n) is 19.2. The van der Waals surface area contributed by atoms with E-state index in [0.717, 1.165) is 51.4 Å². The fraction of sp³-hybridized carbons (Fsp3) is 0.643. The molecule has 0 amide bonds. The molecule has 0 aliphatic heterocycles. The maximum absolute atomic E-state index is 12.7. The van der Waals surface area contributed by atoms with Crippen LogP contribution in [-0.4, -0.2) is 12.1 Å². The van der Waals surface area contributed by atoms with Crippen LogP contribution in [0.1, 0.15) is 101 Å². The van der Waals surface area contributed by atoms with Crippen LogP contribution in [0.15, 0.2) is 36.4 Å². The van der Waals surface area contributed by atoms with Gasteiger partial charge in [-0.2, -0.15) is 5.26 Å². The highest BCUT2D eigenvalue weighted by Crippen LogP contribution is 2.37. The molecule has 0 spiro atoms. The quantitative estimate of drug-likeness (QED) is 0.239. The lowest BCUT2D eigenvalue weighted by atomic mass is 9.78. The second-order valence-corrected chi connectivity index (χ2v) is 9.56. The minimum absolute atomic E-state index is 0.0249. The van der Waals surface area contributed by atoms with Gasteiger partial charge in [-0.1, -0.05) is 56.5 Å². The molecule has 2 aliphatic rings. The van der Waals surface area contributed by atoms with Gasteiger partial charge in [0.2, 0.25) is 0 Å². The Morgan fingerprint density at radius 2 is 1.71 bits per heavy atom. The number of rotatable bonds is 9. The van der Waals surface area contributed by atoms with Crippen LogP contribution in [0.4, 0.5) is 0 Å². The van der Waals surface area contributed by atoms with E-state index in [-0.39, 0.29) is 18.0 Å². The van der Waals surface area contributed by atoms with Crippen molar-refractivity contribution in [2.24, 2.45) is 11.8 Å². The Kier molecular flexibility index (Phi) is 9.66. The molecule has 0 atom stereocenters. The van der Waals surface area contributed by atoms with Gasteiger partial charge >= 0.3 is 5.97 Å². The van der Waals surface area contributed by atoms with E-state index in [4.69, 9.17) is 10.00 Å². The van der Waals surface area contributed by atoms with Crippen LogP contribution in [0, 0.1) is 23.2 Å². The van der Waals surface area contributed by atoms with E-state index in [1.54, 1.807) is 6.08 Å². The molecular formula is C28H39NO2. The van der Waals surface area contributed by atoms with Crippen LogP contribution < -0.4 is 0 Å². The summed E-state index contributed by atoms with van der Waals surface area (Å²) in [5.74, 6) is 1.15. The second kappa shape index (κ2) is 12.7. The SMILES string of the molecule is CCCCCCc1ccc(C2CCC(C(=O)OC3CCC(/C=C/C#N)CC3)CC2)cc1. The van der Waals surface area contributed by atoms with E-state index >= 15 is 0 Å². The molecule has 3 nitrogen and oxygen atoms in total. The molecule has 31 heavy (non-hydrogen) atoms. The molecule has 0 saturated heterocycles. The molecule has 0 bridgehead atoms. The second-order valence-electron chi connectivity index (χ2n) is 9.56. The molecule has 3 heteroatoms. The maximum atomic E-state index is 12.7. The van der Waals surface area contributed by atoms with Crippen molar-refractivity contribution in [1.82, 2.24) is 0 Å². The van der Waals surface area contributed by atoms with Crippen molar-refractivity contribution in [3.8, 4) is 6.07 Å². The summed E-state index contributed by atoms with van der Waals surface area (Å²) >= 11 is 0. The van der Waals surface area contributed by atoms with Gasteiger partial charge in [0.1, 0.15) is 6.10 Å². The average Bonchev–Trinajstić information content (AvgIpc) is 2.82. The standard InChI is InChI=1S/C28H39NO2/c1-2-3-4-5-7-22-9-13-24(14-10-22)25-15-17-26(18-16-25)28(30)31-27-19-11-23(12-20-27)8-6-21-29/h6,8-10,13-14,23,25-27H,2-5,7,11-12,15-20H2,1H3/b8-6+. The summed E-state index contributed by atoms with van der Waals surface area (Å²) < 4.78 is 5.87. The third-order valence-corrected chi connectivity index (χ3v) is 7.28. The van der Waals surface area contributed by atoms with Crippen molar-refractivity contribution < 1.29 is 9.53 Å². The van der Waals surface area contributed by atoms with Gasteiger partial charge in [0.25, 0.3) is 0 Å². The first kappa shape index (κ1) is 23.6. The third-order valence-electron chi connectivity index (χ3n) is 7.28. The fourth-order valence-electron chi connectivity index (χ4n) is 5.21. The summed E-state index contributed by atoms with van der Waals surface area (Å²) in [6.07, 6.45) is 18.0. The molecule has 2 saturated carbocycles. The van der Waals surface area contributed by atoms with Crippen molar-refractivity contribution in [2.45, 2.75) is 102 Å². The summed E-state index contributed by atoms with van der Waals surface area (Å²) in [7, 11) is 0. The average molecular weight is 422 g/mol. The number of allylic oxidation sites excluding steroid dienone is 2. The van der Waals surface area contributed by atoms with Crippen molar-refractivity contribution in [3.63, 3.8) is 0 Å². The number of hydrogen-bond acceptors (Lipinski definition) is 3. The number of esters is 1. The monoisotopic (exact) mass is 421 g/mol. The van der Waals surface area contributed by atoms with E-state index in [1.807, 2.05) is 6.08 Å². The number of benzene rings is 1. The molecule has 0 aromatic heterocycles. The number of carbonyl (C=O) groups excluding carboxylic acids is 1. The van der Waals surface area contributed by atoms with Crippen LogP contribution in [0.5, 0.6) is 0 Å². The van der Waals surface area contributed by atoms with Gasteiger partial charge in [0.15, 0.2) is 0 Å². The van der Waals surface area contributed by atoms with E-state index < -0.39 is 0 Å². The number of carbonyl (C=O) groups is 1. The van der Waals surface area contributed by atoms with Gasteiger partial charge in [0.05, 0.1) is 12.0 Å². The summed E-state index contributed by atoms with van der Waals surface area (Å²) in [6, 6.07) is 11.3. The lowest BCUT2D eigenvalue weighted by Crippen LogP contribution is -2.29. The number of hydrogen-bond donors (Lipinski definition) is 0. The fourth-order valence-corrected chi connectivity index (χ4v) is 5.21. The Balaban J connectivity index is 1.38. The van der Waals surface area contributed by atoms with Gasteiger partial charge in [-0.15, -0.1) is 0 Å². The van der Waals surface area contributed by atoms with Gasteiger partial charge in [-0.25, -0.2) is 0 Å². The Bertz CT molecular complexity index is 729. The van der Waals surface area contributed by atoms with E-state index in [0.29, 0.717) is 11.8 Å². The zero-order valence-corrected chi connectivity index (χ0v) is 19.2. The minimum atomic E-state index is 0.0249. The highest BCUT2D eigenvalue weighted by Gasteiger charge is 2.30. The zero-order chi connectivity index (χ0) is 21.9. The van der Waals surface area contributed by atoms with E-state index in [1.165, 1.54) is 43.2 Å². The summed E-state index contributed by atoms with van der Waals surface area (Å²) in [5.41, 5.74) is 2.89. The first-order valence-corrected chi connectivity index (χ1v) is 12.5. The third kappa shape index (κ3) is 7.53. The van der Waals surface area contributed by atoms with Gasteiger partial charge < -0.3 is 4.74 Å². The molecule has 2 fully saturated rings. The molecule has 0 N–H and O–H groups in total. The first-order chi connectivity index (χ1) is 15.2. The Morgan fingerprint density at radius 1 is 1.00 bits per heavy atom. The lowest BCUT2D eigenvalue weighted by molar-refractivity contribution is -0.157. The molecular weight excluding hydrogens is 382 g/mol. The number of aryl methyl sites for hydroxylation is 1. The summed E-state index contributed by atoms with van der Waals surface area (Å²) in [4.78, 5) is 12.7.